The molecule has 5 rings (SSSR count). The summed E-state index contributed by atoms with van der Waals surface area (Å²) in [5.41, 5.74) is -0.308. The normalized spacial score (nSPS) is 32.1. The van der Waals surface area contributed by atoms with Crippen molar-refractivity contribution in [1.29, 1.82) is 0 Å². The van der Waals surface area contributed by atoms with E-state index in [4.69, 9.17) is 16.3 Å². The van der Waals surface area contributed by atoms with Gasteiger partial charge in [-0.2, -0.15) is 0 Å². The van der Waals surface area contributed by atoms with Crippen molar-refractivity contribution in [2.24, 2.45) is 23.7 Å². The van der Waals surface area contributed by atoms with Crippen LogP contribution in [0, 0.1) is 30.6 Å². The number of aryl methyl sites for hydroxylation is 1. The second-order valence-corrected chi connectivity index (χ2v) is 12.3. The summed E-state index contributed by atoms with van der Waals surface area (Å²) in [5.74, 6) is -2.97. The number of carbonyl (C=O) groups excluding carboxylic acids is 3. The van der Waals surface area contributed by atoms with Crippen LogP contribution in [-0.4, -0.2) is 57.6 Å². The Morgan fingerprint density at radius 1 is 1.15 bits per heavy atom. The molecule has 3 amide bonds. The van der Waals surface area contributed by atoms with Gasteiger partial charge in [0.15, 0.2) is 0 Å². The number of hydrogen-bond acceptors (Lipinski definition) is 5. The molecule has 214 valence electrons. The number of rotatable bonds is 8. The summed E-state index contributed by atoms with van der Waals surface area (Å²) in [6.07, 6.45) is 1.13. The molecule has 3 N–H and O–H groups in total. The van der Waals surface area contributed by atoms with Crippen molar-refractivity contribution < 1.29 is 24.2 Å². The van der Waals surface area contributed by atoms with Gasteiger partial charge >= 0.3 is 0 Å². The molecule has 0 radical (unpaired) electrons. The third-order valence-corrected chi connectivity index (χ3v) is 9.95. The van der Waals surface area contributed by atoms with E-state index in [-0.39, 0.29) is 30.3 Å². The van der Waals surface area contributed by atoms with Crippen molar-refractivity contribution in [2.45, 2.75) is 70.7 Å². The van der Waals surface area contributed by atoms with E-state index >= 15 is 0 Å². The number of fused-ring (bicyclic) bond motifs is 1. The van der Waals surface area contributed by atoms with E-state index in [1.807, 2.05) is 58.9 Å². The number of amides is 3. The number of para-hydroxylation sites is 2. The molecule has 3 heterocycles. The van der Waals surface area contributed by atoms with Crippen molar-refractivity contribution in [1.82, 2.24) is 4.90 Å². The third-order valence-electron chi connectivity index (χ3n) is 9.64. The highest BCUT2D eigenvalue weighted by Gasteiger charge is 2.80. The van der Waals surface area contributed by atoms with Gasteiger partial charge in [0.05, 0.1) is 40.8 Å². The Balaban J connectivity index is 1.61. The van der Waals surface area contributed by atoms with Gasteiger partial charge in [-0.15, -0.1) is 0 Å². The van der Waals surface area contributed by atoms with Gasteiger partial charge in [0.2, 0.25) is 17.7 Å². The first-order valence-corrected chi connectivity index (χ1v) is 14.4. The summed E-state index contributed by atoms with van der Waals surface area (Å²) in [5, 5.41) is 16.9. The molecule has 3 aliphatic heterocycles. The van der Waals surface area contributed by atoms with Gasteiger partial charge < -0.3 is 25.4 Å². The monoisotopic (exact) mass is 567 g/mol. The predicted octanol–water partition coefficient (Wildman–Crippen LogP) is 4.64. The number of aliphatic hydroxyl groups excluding tert-OH is 1. The van der Waals surface area contributed by atoms with Crippen LogP contribution in [0.4, 0.5) is 11.4 Å². The van der Waals surface area contributed by atoms with Gasteiger partial charge in [-0.1, -0.05) is 69.1 Å². The molecule has 3 saturated heterocycles. The van der Waals surface area contributed by atoms with E-state index in [2.05, 4.69) is 10.6 Å². The maximum Gasteiger partial charge on any atom is 0.250 e. The summed E-state index contributed by atoms with van der Waals surface area (Å²) >= 11 is 6.46. The van der Waals surface area contributed by atoms with Crippen LogP contribution in [0.2, 0.25) is 5.02 Å². The van der Waals surface area contributed by atoms with Gasteiger partial charge in [0.1, 0.15) is 11.6 Å². The average Bonchev–Trinajstić information content (AvgIpc) is 3.44. The Morgan fingerprint density at radius 3 is 2.48 bits per heavy atom. The number of nitrogens with zero attached hydrogens (tertiary/aromatic N) is 1. The van der Waals surface area contributed by atoms with Crippen molar-refractivity contribution in [3.05, 3.63) is 59.1 Å². The Hall–Kier alpha value is -2.94. The Labute approximate surface area is 240 Å². The molecule has 0 aromatic heterocycles. The molecule has 2 aromatic rings. The first-order valence-electron chi connectivity index (χ1n) is 14.0. The number of benzene rings is 2. The molecule has 1 spiro atoms. The fraction of sp³-hybridized carbons (Fsp3) is 0.516. The number of ether oxygens (including phenoxy) is 1. The maximum absolute atomic E-state index is 14.5. The second-order valence-electron chi connectivity index (χ2n) is 11.9. The number of likely N-dealkylation sites (tertiary alicyclic amines) is 1. The zero-order chi connectivity index (χ0) is 29.0. The predicted molar refractivity (Wildman–Crippen MR) is 154 cm³/mol. The standard InChI is InChI=1S/C31H38ClN3O5/c1-6-17(2)22(16-36)35-26(28(38)34-25-18(3)11-10-14-21(25)32)31-15-19(4)30(5,40-31)23(24(31)29(35)39)27(37)33-20-12-8-7-9-13-20/h7-14,17,19,22-24,26,36H,6,15-16H2,1-5H3,(H,33,37)(H,34,38)/t17-,19?,22-,23+,24-,26?,30-,31?/m0/s1. The molecule has 0 aliphatic carbocycles. The molecule has 3 aliphatic rings. The topological polar surface area (TPSA) is 108 Å². The van der Waals surface area contributed by atoms with Crippen molar-refractivity contribution in [2.75, 3.05) is 17.2 Å². The zero-order valence-corrected chi connectivity index (χ0v) is 24.4. The number of aliphatic hydroxyl groups is 1. The number of hydrogen-bond donors (Lipinski definition) is 3. The van der Waals surface area contributed by atoms with Gasteiger partial charge in [-0.25, -0.2) is 0 Å². The summed E-state index contributed by atoms with van der Waals surface area (Å²) < 4.78 is 6.80. The average molecular weight is 568 g/mol. The van der Waals surface area contributed by atoms with Crippen LogP contribution in [0.15, 0.2) is 48.5 Å². The lowest BCUT2D eigenvalue weighted by molar-refractivity contribution is -0.149. The minimum atomic E-state index is -1.23. The van der Waals surface area contributed by atoms with Crippen molar-refractivity contribution in [3.8, 4) is 0 Å². The summed E-state index contributed by atoms with van der Waals surface area (Å²) in [6, 6.07) is 12.8. The van der Waals surface area contributed by atoms with Crippen LogP contribution in [0.25, 0.3) is 0 Å². The number of halogens is 1. The number of nitrogens with one attached hydrogen (secondary N) is 2. The molecular formula is C31H38ClN3O5. The molecule has 2 aromatic carbocycles. The minimum absolute atomic E-state index is 0.0941. The van der Waals surface area contributed by atoms with Crippen LogP contribution >= 0.6 is 11.6 Å². The van der Waals surface area contributed by atoms with Crippen molar-refractivity contribution in [3.63, 3.8) is 0 Å². The maximum atomic E-state index is 14.5. The van der Waals surface area contributed by atoms with E-state index in [9.17, 15) is 19.5 Å². The van der Waals surface area contributed by atoms with E-state index < -0.39 is 41.0 Å². The Bertz CT molecular complexity index is 1300. The van der Waals surface area contributed by atoms with E-state index in [0.717, 1.165) is 5.56 Å². The lowest BCUT2D eigenvalue weighted by atomic mass is 9.62. The fourth-order valence-electron chi connectivity index (χ4n) is 7.27. The lowest BCUT2D eigenvalue weighted by Crippen LogP contribution is -2.57. The van der Waals surface area contributed by atoms with Gasteiger partial charge in [0, 0.05) is 5.69 Å². The smallest absolute Gasteiger partial charge is 0.250 e. The number of anilines is 2. The molecular weight excluding hydrogens is 530 g/mol. The van der Waals surface area contributed by atoms with Crippen LogP contribution < -0.4 is 10.6 Å². The highest BCUT2D eigenvalue weighted by molar-refractivity contribution is 6.34. The van der Waals surface area contributed by atoms with Crippen LogP contribution in [0.3, 0.4) is 0 Å². The minimum Gasteiger partial charge on any atom is -0.394 e. The molecule has 3 unspecified atom stereocenters. The van der Waals surface area contributed by atoms with E-state index in [1.54, 1.807) is 24.3 Å². The summed E-state index contributed by atoms with van der Waals surface area (Å²) in [4.78, 5) is 44.2. The molecule has 3 fully saturated rings. The van der Waals surface area contributed by atoms with Gasteiger partial charge in [-0.3, -0.25) is 14.4 Å². The Kier molecular flexibility index (Phi) is 7.48. The first-order chi connectivity index (χ1) is 19.0. The quantitative estimate of drug-likeness (QED) is 0.430. The SMILES string of the molecule is CC[C@H](C)[C@H](CO)N1C(=O)[C@@H]2[C@H](C(=O)Nc3ccccc3)[C@@]3(C)OC2(CC3C)C1C(=O)Nc1c(C)cccc1Cl. The third kappa shape index (κ3) is 4.23. The lowest BCUT2D eigenvalue weighted by Gasteiger charge is -2.39. The van der Waals surface area contributed by atoms with Crippen molar-refractivity contribution >= 4 is 40.7 Å². The largest absolute Gasteiger partial charge is 0.394 e. The molecule has 8 atom stereocenters. The van der Waals surface area contributed by atoms with Gasteiger partial charge in [0.25, 0.3) is 0 Å². The van der Waals surface area contributed by atoms with E-state index in [0.29, 0.717) is 29.2 Å². The number of carbonyl (C=O) groups is 3. The molecule has 40 heavy (non-hydrogen) atoms. The van der Waals surface area contributed by atoms with Gasteiger partial charge in [-0.05, 0) is 55.9 Å². The zero-order valence-electron chi connectivity index (χ0n) is 23.6. The van der Waals surface area contributed by atoms with Crippen LogP contribution in [-0.2, 0) is 19.1 Å². The molecule has 0 saturated carbocycles. The summed E-state index contributed by atoms with van der Waals surface area (Å²) in [7, 11) is 0. The highest BCUT2D eigenvalue weighted by atomic mass is 35.5. The summed E-state index contributed by atoms with van der Waals surface area (Å²) in [6.45, 7) is 9.35. The highest BCUT2D eigenvalue weighted by Crippen LogP contribution is 2.65. The molecule has 8 nitrogen and oxygen atoms in total. The molecule has 9 heteroatoms. The fourth-order valence-corrected chi connectivity index (χ4v) is 7.54. The molecule has 2 bridgehead atoms. The first kappa shape index (κ1) is 28.6. The van der Waals surface area contributed by atoms with E-state index in [1.165, 1.54) is 4.90 Å². The van der Waals surface area contributed by atoms with Crippen LogP contribution in [0.5, 0.6) is 0 Å². The Morgan fingerprint density at radius 2 is 1.85 bits per heavy atom. The van der Waals surface area contributed by atoms with Crippen LogP contribution in [0.1, 0.15) is 46.1 Å². The second kappa shape index (κ2) is 10.5.